The predicted molar refractivity (Wildman–Crippen MR) is 79.1 cm³/mol. The fourth-order valence-corrected chi connectivity index (χ4v) is 2.53. The van der Waals surface area contributed by atoms with Crippen LogP contribution in [0.5, 0.6) is 0 Å². The minimum atomic E-state index is -0.0653. The Morgan fingerprint density at radius 3 is 2.50 bits per heavy atom. The van der Waals surface area contributed by atoms with E-state index in [0.29, 0.717) is 17.7 Å². The molecule has 0 bridgehead atoms. The number of nitrogens with two attached hydrogens (primary N) is 1. The molecule has 0 saturated heterocycles. The molecule has 2 rings (SSSR count). The van der Waals surface area contributed by atoms with Crippen LogP contribution >= 0.6 is 11.3 Å². The van der Waals surface area contributed by atoms with Crippen LogP contribution < -0.4 is 5.73 Å². The molecule has 0 saturated carbocycles. The largest absolute Gasteiger partial charge is 0.409 e. The lowest BCUT2D eigenvalue weighted by Crippen LogP contribution is -2.25. The second kappa shape index (κ2) is 6.21. The Labute approximate surface area is 120 Å². The highest BCUT2D eigenvalue weighted by Crippen LogP contribution is 2.13. The van der Waals surface area contributed by atoms with Crippen molar-refractivity contribution < 1.29 is 10.0 Å². The summed E-state index contributed by atoms with van der Waals surface area (Å²) in [6.07, 6.45) is 0. The zero-order valence-corrected chi connectivity index (χ0v) is 11.8. The summed E-state index contributed by atoms with van der Waals surface area (Å²) >= 11 is 1.62. The van der Waals surface area contributed by atoms with Crippen molar-refractivity contribution in [1.29, 1.82) is 0 Å². The highest BCUT2D eigenvalue weighted by Gasteiger charge is 2.12. The topological polar surface area (TPSA) is 78.9 Å². The van der Waals surface area contributed by atoms with Crippen LogP contribution in [0, 0.1) is 0 Å². The van der Waals surface area contributed by atoms with Gasteiger partial charge in [-0.1, -0.05) is 23.4 Å². The molecule has 0 spiro atoms. The number of carbonyl (C=O) groups excluding carboxylic acids is 1. The summed E-state index contributed by atoms with van der Waals surface area (Å²) in [6, 6.07) is 10.6. The summed E-state index contributed by atoms with van der Waals surface area (Å²) in [7, 11) is 1.76. The number of carbonyl (C=O) groups is 1. The molecule has 0 atom stereocenters. The van der Waals surface area contributed by atoms with Crippen LogP contribution in [0.1, 0.15) is 20.8 Å². The van der Waals surface area contributed by atoms with Gasteiger partial charge in [-0.25, -0.2) is 0 Å². The van der Waals surface area contributed by atoms with Gasteiger partial charge in [0.25, 0.3) is 5.91 Å². The quantitative estimate of drug-likeness (QED) is 0.391. The summed E-state index contributed by atoms with van der Waals surface area (Å²) in [5.74, 6) is -0.0413. The number of hydrogen-bond acceptors (Lipinski definition) is 4. The summed E-state index contributed by atoms with van der Waals surface area (Å²) < 4.78 is 0. The van der Waals surface area contributed by atoms with E-state index in [0.717, 1.165) is 4.88 Å². The van der Waals surface area contributed by atoms with Crippen LogP contribution in [0.4, 0.5) is 0 Å². The molecule has 0 aliphatic rings. The molecular weight excluding hydrogens is 274 g/mol. The fraction of sp³-hybridized carbons (Fsp3) is 0.143. The molecule has 1 aromatic heterocycles. The second-order valence-corrected chi connectivity index (χ2v) is 5.34. The third-order valence-electron chi connectivity index (χ3n) is 2.86. The summed E-state index contributed by atoms with van der Waals surface area (Å²) in [4.78, 5) is 15.0. The highest BCUT2D eigenvalue weighted by atomic mass is 32.1. The molecule has 0 fully saturated rings. The minimum absolute atomic E-state index is 0.0240. The van der Waals surface area contributed by atoms with Gasteiger partial charge >= 0.3 is 0 Å². The highest BCUT2D eigenvalue weighted by molar-refractivity contribution is 7.09. The molecule has 5 nitrogen and oxygen atoms in total. The Morgan fingerprint density at radius 1 is 1.30 bits per heavy atom. The van der Waals surface area contributed by atoms with Crippen LogP contribution in [0.25, 0.3) is 0 Å². The third-order valence-corrected chi connectivity index (χ3v) is 3.72. The van der Waals surface area contributed by atoms with Gasteiger partial charge in [-0.15, -0.1) is 11.3 Å². The number of nitrogens with zero attached hydrogens (tertiary/aromatic N) is 2. The molecule has 2 aromatic rings. The molecule has 1 amide bonds. The predicted octanol–water partition coefficient (Wildman–Crippen LogP) is 2.11. The molecule has 1 aromatic carbocycles. The standard InChI is InChI=1S/C14H15N3O2S/c1-17(9-12-3-2-8-20-12)14(18)11-6-4-10(5-7-11)13(15)16-19/h2-8,19H,9H2,1H3,(H2,15,16). The van der Waals surface area contributed by atoms with E-state index in [9.17, 15) is 4.79 Å². The third kappa shape index (κ3) is 3.16. The fourth-order valence-electron chi connectivity index (χ4n) is 1.77. The lowest BCUT2D eigenvalue weighted by Gasteiger charge is -2.16. The normalized spacial score (nSPS) is 11.3. The average Bonchev–Trinajstić information content (AvgIpc) is 2.98. The van der Waals surface area contributed by atoms with Gasteiger partial charge in [0.15, 0.2) is 5.84 Å². The number of hydrogen-bond donors (Lipinski definition) is 2. The van der Waals surface area contributed by atoms with E-state index < -0.39 is 0 Å². The minimum Gasteiger partial charge on any atom is -0.409 e. The molecule has 0 aliphatic carbocycles. The van der Waals surface area contributed by atoms with Crippen LogP contribution in [0.15, 0.2) is 46.9 Å². The van der Waals surface area contributed by atoms with E-state index in [1.54, 1.807) is 47.5 Å². The van der Waals surface area contributed by atoms with Crippen molar-refractivity contribution >= 4 is 23.1 Å². The van der Waals surface area contributed by atoms with E-state index in [1.807, 2.05) is 17.5 Å². The number of oxime groups is 1. The first-order valence-electron chi connectivity index (χ1n) is 5.97. The Hall–Kier alpha value is -2.34. The number of rotatable bonds is 4. The zero-order valence-electron chi connectivity index (χ0n) is 11.0. The van der Waals surface area contributed by atoms with Crippen molar-refractivity contribution in [2.75, 3.05) is 7.05 Å². The van der Waals surface area contributed by atoms with Crippen LogP contribution in [-0.4, -0.2) is 28.9 Å². The van der Waals surface area contributed by atoms with Crippen LogP contribution in [-0.2, 0) is 6.54 Å². The monoisotopic (exact) mass is 289 g/mol. The Morgan fingerprint density at radius 2 is 1.95 bits per heavy atom. The van der Waals surface area contributed by atoms with Gasteiger partial charge in [0, 0.05) is 23.1 Å². The molecule has 0 aliphatic heterocycles. The van der Waals surface area contributed by atoms with E-state index in [-0.39, 0.29) is 11.7 Å². The second-order valence-electron chi connectivity index (χ2n) is 4.30. The Balaban J connectivity index is 2.09. The van der Waals surface area contributed by atoms with E-state index in [1.165, 1.54) is 0 Å². The van der Waals surface area contributed by atoms with Gasteiger partial charge in [0.1, 0.15) is 0 Å². The van der Waals surface area contributed by atoms with E-state index in [4.69, 9.17) is 10.9 Å². The van der Waals surface area contributed by atoms with Crippen molar-refractivity contribution in [3.8, 4) is 0 Å². The smallest absolute Gasteiger partial charge is 0.253 e. The maximum Gasteiger partial charge on any atom is 0.253 e. The van der Waals surface area contributed by atoms with Crippen molar-refractivity contribution in [3.63, 3.8) is 0 Å². The van der Waals surface area contributed by atoms with Gasteiger partial charge in [-0.3, -0.25) is 4.79 Å². The van der Waals surface area contributed by atoms with Crippen LogP contribution in [0.3, 0.4) is 0 Å². The SMILES string of the molecule is CN(Cc1cccs1)C(=O)c1ccc(/C(N)=N/O)cc1. The summed E-state index contributed by atoms with van der Waals surface area (Å²) in [6.45, 7) is 0.582. The first kappa shape index (κ1) is 14.1. The van der Waals surface area contributed by atoms with Crippen LogP contribution in [0.2, 0.25) is 0 Å². The maximum atomic E-state index is 12.2. The van der Waals surface area contributed by atoms with Crippen molar-refractivity contribution in [2.45, 2.75) is 6.54 Å². The van der Waals surface area contributed by atoms with Gasteiger partial charge in [0.05, 0.1) is 6.54 Å². The van der Waals surface area contributed by atoms with Crippen molar-refractivity contribution in [1.82, 2.24) is 4.90 Å². The summed E-state index contributed by atoms with van der Waals surface area (Å²) in [5.41, 5.74) is 6.62. The van der Waals surface area contributed by atoms with Gasteiger partial charge in [0.2, 0.25) is 0 Å². The van der Waals surface area contributed by atoms with Gasteiger partial charge in [-0.05, 0) is 23.6 Å². The van der Waals surface area contributed by atoms with E-state index in [2.05, 4.69) is 5.16 Å². The lowest BCUT2D eigenvalue weighted by atomic mass is 10.1. The molecule has 3 N–H and O–H groups in total. The first-order chi connectivity index (χ1) is 9.61. The van der Waals surface area contributed by atoms with E-state index >= 15 is 0 Å². The number of thiophene rings is 1. The molecule has 104 valence electrons. The molecule has 6 heteroatoms. The van der Waals surface area contributed by atoms with Gasteiger partial charge < -0.3 is 15.8 Å². The van der Waals surface area contributed by atoms with Crippen molar-refractivity contribution in [3.05, 3.63) is 57.8 Å². The first-order valence-corrected chi connectivity index (χ1v) is 6.85. The number of amidine groups is 1. The van der Waals surface area contributed by atoms with Gasteiger partial charge in [-0.2, -0.15) is 0 Å². The molecule has 1 heterocycles. The van der Waals surface area contributed by atoms with Crippen molar-refractivity contribution in [2.24, 2.45) is 10.9 Å². The molecule has 20 heavy (non-hydrogen) atoms. The number of benzene rings is 1. The molecule has 0 unspecified atom stereocenters. The Bertz CT molecular complexity index is 606. The molecular formula is C14H15N3O2S. The molecule has 0 radical (unpaired) electrons. The zero-order chi connectivity index (χ0) is 14.5. The Kier molecular flexibility index (Phi) is 4.37. The maximum absolute atomic E-state index is 12.2. The average molecular weight is 289 g/mol. The number of amides is 1. The summed E-state index contributed by atoms with van der Waals surface area (Å²) in [5, 5.41) is 13.5. The lowest BCUT2D eigenvalue weighted by molar-refractivity contribution is 0.0786.